The van der Waals surface area contributed by atoms with E-state index in [0.717, 1.165) is 24.9 Å². The first-order chi connectivity index (χ1) is 9.24. The molecule has 0 bridgehead atoms. The second-order valence-electron chi connectivity index (χ2n) is 5.31. The molecule has 1 atom stereocenters. The van der Waals surface area contributed by atoms with Crippen LogP contribution in [0.4, 0.5) is 0 Å². The molecule has 0 aromatic heterocycles. The quantitative estimate of drug-likeness (QED) is 0.779. The summed E-state index contributed by atoms with van der Waals surface area (Å²) in [5.41, 5.74) is 1.32. The molecule has 1 aliphatic carbocycles. The lowest BCUT2D eigenvalue weighted by Gasteiger charge is -2.22. The fraction of sp³-hybridized carbons (Fsp3) is 0.625. The number of rotatable bonds is 8. The molecule has 3 nitrogen and oxygen atoms in total. The Morgan fingerprint density at radius 1 is 1.32 bits per heavy atom. The van der Waals surface area contributed by atoms with Crippen LogP contribution < -0.4 is 10.1 Å². The molecular formula is C16H26N2O. The number of hydrogen-bond acceptors (Lipinski definition) is 3. The van der Waals surface area contributed by atoms with Crippen LogP contribution >= 0.6 is 0 Å². The normalized spacial score (nSPS) is 16.6. The van der Waals surface area contributed by atoms with Crippen molar-refractivity contribution < 1.29 is 4.74 Å². The van der Waals surface area contributed by atoms with Gasteiger partial charge < -0.3 is 10.1 Å². The number of nitrogens with one attached hydrogen (secondary N) is 1. The fourth-order valence-electron chi connectivity index (χ4n) is 2.47. The molecule has 0 heterocycles. The van der Waals surface area contributed by atoms with Crippen LogP contribution in [0.25, 0.3) is 0 Å². The zero-order chi connectivity index (χ0) is 13.7. The summed E-state index contributed by atoms with van der Waals surface area (Å²) in [6.07, 6.45) is 2.78. The maximum Gasteiger partial charge on any atom is 0.118 e. The van der Waals surface area contributed by atoms with Crippen molar-refractivity contribution >= 4 is 0 Å². The molecule has 1 saturated carbocycles. The summed E-state index contributed by atoms with van der Waals surface area (Å²) < 4.78 is 5.18. The van der Waals surface area contributed by atoms with Gasteiger partial charge in [-0.25, -0.2) is 0 Å². The third-order valence-corrected chi connectivity index (χ3v) is 3.93. The molecular weight excluding hydrogens is 236 g/mol. The molecule has 1 aliphatic rings. The maximum atomic E-state index is 5.18. The molecule has 0 spiro atoms. The van der Waals surface area contributed by atoms with Crippen LogP contribution in [0.15, 0.2) is 24.3 Å². The number of likely N-dealkylation sites (N-methyl/N-ethyl adjacent to an activating group) is 1. The smallest absolute Gasteiger partial charge is 0.118 e. The summed E-state index contributed by atoms with van der Waals surface area (Å²) in [4.78, 5) is 2.58. The Hall–Kier alpha value is -1.06. The van der Waals surface area contributed by atoms with Crippen LogP contribution in [-0.4, -0.2) is 37.7 Å². The van der Waals surface area contributed by atoms with Crippen LogP contribution in [0.5, 0.6) is 5.75 Å². The second kappa shape index (κ2) is 6.92. The lowest BCUT2D eigenvalue weighted by atomic mass is 10.1. The monoisotopic (exact) mass is 262 g/mol. The molecule has 3 heteroatoms. The Morgan fingerprint density at radius 3 is 2.53 bits per heavy atom. The molecule has 1 fully saturated rings. The predicted molar refractivity (Wildman–Crippen MR) is 79.7 cm³/mol. The second-order valence-corrected chi connectivity index (χ2v) is 5.31. The van der Waals surface area contributed by atoms with E-state index >= 15 is 0 Å². The maximum absolute atomic E-state index is 5.18. The molecule has 1 aromatic rings. The average Bonchev–Trinajstić information content (AvgIpc) is 3.28. The average molecular weight is 262 g/mol. The minimum Gasteiger partial charge on any atom is -0.497 e. The molecule has 0 saturated heterocycles. The number of benzene rings is 1. The topological polar surface area (TPSA) is 24.5 Å². The summed E-state index contributed by atoms with van der Waals surface area (Å²) in [6.45, 7) is 7.85. The fourth-order valence-corrected chi connectivity index (χ4v) is 2.47. The van der Waals surface area contributed by atoms with Crippen molar-refractivity contribution in [2.24, 2.45) is 0 Å². The van der Waals surface area contributed by atoms with Crippen LogP contribution in [0, 0.1) is 0 Å². The van der Waals surface area contributed by atoms with E-state index in [1.807, 2.05) is 12.1 Å². The van der Waals surface area contributed by atoms with Crippen molar-refractivity contribution in [1.82, 2.24) is 10.2 Å². The molecule has 0 amide bonds. The Bertz CT molecular complexity index is 373. The van der Waals surface area contributed by atoms with E-state index in [1.54, 1.807) is 7.11 Å². The Kier molecular flexibility index (Phi) is 5.23. The van der Waals surface area contributed by atoms with Gasteiger partial charge in [0, 0.05) is 25.2 Å². The van der Waals surface area contributed by atoms with Crippen LogP contribution in [0.3, 0.4) is 0 Å². The lowest BCUT2D eigenvalue weighted by molar-refractivity contribution is 0.273. The lowest BCUT2D eigenvalue weighted by Crippen LogP contribution is -2.34. The molecule has 0 aliphatic heterocycles. The van der Waals surface area contributed by atoms with E-state index in [2.05, 4.69) is 36.2 Å². The van der Waals surface area contributed by atoms with Crippen LogP contribution in [0.1, 0.15) is 38.3 Å². The summed E-state index contributed by atoms with van der Waals surface area (Å²) >= 11 is 0. The van der Waals surface area contributed by atoms with E-state index in [4.69, 9.17) is 4.74 Å². The first-order valence-electron chi connectivity index (χ1n) is 7.36. The standard InChI is InChI=1S/C16H26N2O/c1-4-18(15-7-8-15)12-11-17-13(2)14-5-9-16(19-3)10-6-14/h5-6,9-10,13,15,17H,4,7-8,11-12H2,1-3H3. The number of hydrogen-bond donors (Lipinski definition) is 1. The highest BCUT2D eigenvalue weighted by Gasteiger charge is 2.27. The van der Waals surface area contributed by atoms with E-state index in [1.165, 1.54) is 24.9 Å². The van der Waals surface area contributed by atoms with Gasteiger partial charge in [-0.2, -0.15) is 0 Å². The van der Waals surface area contributed by atoms with Crippen LogP contribution in [0.2, 0.25) is 0 Å². The molecule has 1 N–H and O–H groups in total. The first-order valence-corrected chi connectivity index (χ1v) is 7.36. The third-order valence-electron chi connectivity index (χ3n) is 3.93. The molecule has 1 unspecified atom stereocenters. The highest BCUT2D eigenvalue weighted by molar-refractivity contribution is 5.28. The molecule has 0 radical (unpaired) electrons. The van der Waals surface area contributed by atoms with Gasteiger partial charge in [0.2, 0.25) is 0 Å². The number of nitrogens with zero attached hydrogens (tertiary/aromatic N) is 1. The van der Waals surface area contributed by atoms with E-state index in [0.29, 0.717) is 6.04 Å². The first kappa shape index (κ1) is 14.4. The van der Waals surface area contributed by atoms with E-state index < -0.39 is 0 Å². The zero-order valence-electron chi connectivity index (χ0n) is 12.4. The molecule has 106 valence electrons. The van der Waals surface area contributed by atoms with Gasteiger partial charge >= 0.3 is 0 Å². The van der Waals surface area contributed by atoms with Gasteiger partial charge in [-0.1, -0.05) is 19.1 Å². The summed E-state index contributed by atoms with van der Waals surface area (Å²) in [6, 6.07) is 9.57. The van der Waals surface area contributed by atoms with Crippen molar-refractivity contribution in [3.8, 4) is 5.75 Å². The van der Waals surface area contributed by atoms with Crippen molar-refractivity contribution in [1.29, 1.82) is 0 Å². The van der Waals surface area contributed by atoms with Crippen molar-refractivity contribution in [3.05, 3.63) is 29.8 Å². The van der Waals surface area contributed by atoms with Gasteiger partial charge in [0.05, 0.1) is 7.11 Å². The highest BCUT2D eigenvalue weighted by Crippen LogP contribution is 2.26. The van der Waals surface area contributed by atoms with Gasteiger partial charge in [-0.3, -0.25) is 4.90 Å². The predicted octanol–water partition coefficient (Wildman–Crippen LogP) is 2.83. The van der Waals surface area contributed by atoms with Crippen LogP contribution in [-0.2, 0) is 0 Å². The number of ether oxygens (including phenoxy) is 1. The largest absolute Gasteiger partial charge is 0.497 e. The minimum atomic E-state index is 0.392. The van der Waals surface area contributed by atoms with Gasteiger partial charge in [0.1, 0.15) is 5.75 Å². The summed E-state index contributed by atoms with van der Waals surface area (Å²) in [7, 11) is 1.70. The third kappa shape index (κ3) is 4.22. The van der Waals surface area contributed by atoms with E-state index in [-0.39, 0.29) is 0 Å². The molecule has 19 heavy (non-hydrogen) atoms. The van der Waals surface area contributed by atoms with Gasteiger partial charge in [-0.05, 0) is 44.0 Å². The summed E-state index contributed by atoms with van der Waals surface area (Å²) in [5.74, 6) is 0.918. The van der Waals surface area contributed by atoms with Gasteiger partial charge in [0.15, 0.2) is 0 Å². The summed E-state index contributed by atoms with van der Waals surface area (Å²) in [5, 5.41) is 3.60. The van der Waals surface area contributed by atoms with Crippen molar-refractivity contribution in [2.75, 3.05) is 26.7 Å². The van der Waals surface area contributed by atoms with Crippen molar-refractivity contribution in [2.45, 2.75) is 38.8 Å². The minimum absolute atomic E-state index is 0.392. The van der Waals surface area contributed by atoms with Crippen molar-refractivity contribution in [3.63, 3.8) is 0 Å². The SMILES string of the molecule is CCN(CCNC(C)c1ccc(OC)cc1)C1CC1. The van der Waals surface area contributed by atoms with E-state index in [9.17, 15) is 0 Å². The Balaban J connectivity index is 1.74. The highest BCUT2D eigenvalue weighted by atomic mass is 16.5. The molecule has 2 rings (SSSR count). The number of methoxy groups -OCH3 is 1. The Morgan fingerprint density at radius 2 is 2.00 bits per heavy atom. The van der Waals surface area contributed by atoms with Gasteiger partial charge in [0.25, 0.3) is 0 Å². The zero-order valence-corrected chi connectivity index (χ0v) is 12.4. The molecule has 1 aromatic carbocycles. The van der Waals surface area contributed by atoms with Gasteiger partial charge in [-0.15, -0.1) is 0 Å². The Labute approximate surface area is 116 Å².